The Hall–Kier alpha value is -1.16. The number of amides is 2. The first-order valence-corrected chi connectivity index (χ1v) is 6.32. The number of carbonyl (C=O) groups is 2. The molecule has 2 rings (SSSR count). The van der Waals surface area contributed by atoms with E-state index >= 15 is 0 Å². The highest BCUT2D eigenvalue weighted by Crippen LogP contribution is 2.41. The molecular formula is C13H14BrNO2. The molecule has 1 aliphatic rings. The summed E-state index contributed by atoms with van der Waals surface area (Å²) in [6.07, 6.45) is 0.267. The number of hydrogen-bond acceptors (Lipinski definition) is 2. The smallest absolute Gasteiger partial charge is 0.233 e. The monoisotopic (exact) mass is 295 g/mol. The van der Waals surface area contributed by atoms with Crippen LogP contribution in [0.5, 0.6) is 0 Å². The Morgan fingerprint density at radius 1 is 1.29 bits per heavy atom. The number of nitrogens with one attached hydrogen (secondary N) is 1. The van der Waals surface area contributed by atoms with Gasteiger partial charge in [-0.25, -0.2) is 0 Å². The Morgan fingerprint density at radius 3 is 2.35 bits per heavy atom. The van der Waals surface area contributed by atoms with Gasteiger partial charge in [-0.3, -0.25) is 14.9 Å². The summed E-state index contributed by atoms with van der Waals surface area (Å²) in [6, 6.07) is 7.86. The van der Waals surface area contributed by atoms with Crippen LogP contribution < -0.4 is 5.32 Å². The third-order valence-corrected chi connectivity index (χ3v) is 4.15. The van der Waals surface area contributed by atoms with E-state index in [0.29, 0.717) is 0 Å². The molecule has 1 aromatic rings. The van der Waals surface area contributed by atoms with Gasteiger partial charge in [0.1, 0.15) is 0 Å². The van der Waals surface area contributed by atoms with Crippen molar-refractivity contribution in [2.45, 2.75) is 26.2 Å². The highest BCUT2D eigenvalue weighted by atomic mass is 79.9. The average Bonchev–Trinajstić information content (AvgIpc) is 2.54. The van der Waals surface area contributed by atoms with Crippen molar-refractivity contribution in [1.29, 1.82) is 0 Å². The molecule has 0 radical (unpaired) electrons. The number of carbonyl (C=O) groups excluding carboxylic acids is 2. The zero-order valence-corrected chi connectivity index (χ0v) is 11.4. The molecule has 1 N–H and O–H groups in total. The van der Waals surface area contributed by atoms with Crippen LogP contribution in [0, 0.1) is 5.41 Å². The van der Waals surface area contributed by atoms with Gasteiger partial charge in [-0.1, -0.05) is 35.0 Å². The van der Waals surface area contributed by atoms with Crippen LogP contribution in [0.3, 0.4) is 0 Å². The maximum absolute atomic E-state index is 11.8. The van der Waals surface area contributed by atoms with E-state index in [-0.39, 0.29) is 24.2 Å². The first-order chi connectivity index (χ1) is 7.93. The maximum atomic E-state index is 11.8. The molecule has 0 unspecified atom stereocenters. The molecule has 17 heavy (non-hydrogen) atoms. The quantitative estimate of drug-likeness (QED) is 0.853. The third kappa shape index (κ3) is 2.14. The average molecular weight is 296 g/mol. The van der Waals surface area contributed by atoms with E-state index in [1.54, 1.807) is 0 Å². The molecular weight excluding hydrogens is 282 g/mol. The zero-order valence-electron chi connectivity index (χ0n) is 9.79. The van der Waals surface area contributed by atoms with Gasteiger partial charge in [-0.15, -0.1) is 0 Å². The first kappa shape index (κ1) is 12.3. The number of halogens is 1. The predicted octanol–water partition coefficient (Wildman–Crippen LogP) is 2.61. The molecule has 1 aromatic carbocycles. The van der Waals surface area contributed by atoms with Gasteiger partial charge in [0, 0.05) is 10.9 Å². The van der Waals surface area contributed by atoms with E-state index in [4.69, 9.17) is 0 Å². The lowest BCUT2D eigenvalue weighted by Gasteiger charge is -2.28. The Balaban J connectivity index is 2.31. The zero-order chi connectivity index (χ0) is 12.6. The van der Waals surface area contributed by atoms with Crippen LogP contribution in [-0.2, 0) is 9.59 Å². The molecule has 4 heteroatoms. The second-order valence-electron chi connectivity index (χ2n) is 4.74. The van der Waals surface area contributed by atoms with Crippen LogP contribution in [0.2, 0.25) is 0 Å². The highest BCUT2D eigenvalue weighted by molar-refractivity contribution is 9.10. The third-order valence-electron chi connectivity index (χ3n) is 3.63. The summed E-state index contributed by atoms with van der Waals surface area (Å²) in [4.78, 5) is 23.2. The highest BCUT2D eigenvalue weighted by Gasteiger charge is 2.46. The molecule has 1 aliphatic heterocycles. The van der Waals surface area contributed by atoms with Crippen molar-refractivity contribution in [3.05, 3.63) is 34.3 Å². The van der Waals surface area contributed by atoms with Gasteiger partial charge in [0.05, 0.1) is 5.41 Å². The van der Waals surface area contributed by atoms with Gasteiger partial charge in [0.15, 0.2) is 0 Å². The van der Waals surface area contributed by atoms with E-state index in [0.717, 1.165) is 10.0 Å². The second kappa shape index (κ2) is 4.26. The van der Waals surface area contributed by atoms with Crippen LogP contribution >= 0.6 is 15.9 Å². The summed E-state index contributed by atoms with van der Waals surface area (Å²) in [5.41, 5.74) is 0.436. The van der Waals surface area contributed by atoms with Crippen molar-refractivity contribution in [2.75, 3.05) is 0 Å². The molecule has 3 nitrogen and oxygen atoms in total. The Labute approximate surface area is 109 Å². The molecule has 90 valence electrons. The summed E-state index contributed by atoms with van der Waals surface area (Å²) in [6.45, 7) is 3.83. The van der Waals surface area contributed by atoms with E-state index in [1.165, 1.54) is 0 Å². The van der Waals surface area contributed by atoms with Crippen molar-refractivity contribution in [2.24, 2.45) is 5.41 Å². The van der Waals surface area contributed by atoms with Gasteiger partial charge in [0.25, 0.3) is 0 Å². The largest absolute Gasteiger partial charge is 0.296 e. The summed E-state index contributed by atoms with van der Waals surface area (Å²) >= 11 is 3.38. The summed E-state index contributed by atoms with van der Waals surface area (Å²) in [7, 11) is 0. The van der Waals surface area contributed by atoms with Gasteiger partial charge < -0.3 is 0 Å². The minimum absolute atomic E-state index is 0.0158. The molecule has 1 fully saturated rings. The molecule has 2 amide bonds. The van der Waals surface area contributed by atoms with Crippen LogP contribution in [0.15, 0.2) is 28.7 Å². The molecule has 0 bridgehead atoms. The number of rotatable bonds is 2. The topological polar surface area (TPSA) is 46.2 Å². The van der Waals surface area contributed by atoms with Crippen LogP contribution in [0.25, 0.3) is 0 Å². The fourth-order valence-electron chi connectivity index (χ4n) is 2.20. The van der Waals surface area contributed by atoms with Crippen molar-refractivity contribution in [1.82, 2.24) is 5.32 Å². The molecule has 0 spiro atoms. The predicted molar refractivity (Wildman–Crippen MR) is 68.4 cm³/mol. The number of benzene rings is 1. The summed E-state index contributed by atoms with van der Waals surface area (Å²) in [5.74, 6) is -0.332. The lowest BCUT2D eigenvalue weighted by Crippen LogP contribution is -2.33. The van der Waals surface area contributed by atoms with Crippen molar-refractivity contribution in [3.8, 4) is 0 Å². The van der Waals surface area contributed by atoms with Crippen LogP contribution in [0.1, 0.15) is 31.7 Å². The Morgan fingerprint density at radius 2 is 1.88 bits per heavy atom. The second-order valence-corrected chi connectivity index (χ2v) is 5.66. The molecule has 1 saturated heterocycles. The van der Waals surface area contributed by atoms with Gasteiger partial charge in [0.2, 0.25) is 11.8 Å². The molecule has 0 aromatic heterocycles. The molecule has 0 aliphatic carbocycles. The normalized spacial score (nSPS) is 25.8. The van der Waals surface area contributed by atoms with Crippen molar-refractivity contribution >= 4 is 27.7 Å². The van der Waals surface area contributed by atoms with Crippen molar-refractivity contribution in [3.63, 3.8) is 0 Å². The number of imide groups is 1. The Kier molecular flexibility index (Phi) is 3.08. The fraction of sp³-hybridized carbons (Fsp3) is 0.385. The van der Waals surface area contributed by atoms with E-state index in [2.05, 4.69) is 21.2 Å². The minimum atomic E-state index is -0.634. The molecule has 1 heterocycles. The molecule has 2 atom stereocenters. The van der Waals surface area contributed by atoms with Gasteiger partial charge in [-0.2, -0.15) is 0 Å². The van der Waals surface area contributed by atoms with E-state index in [1.807, 2.05) is 38.1 Å². The van der Waals surface area contributed by atoms with Gasteiger partial charge >= 0.3 is 0 Å². The lowest BCUT2D eigenvalue weighted by atomic mass is 9.73. The Bertz CT molecular complexity index is 469. The SMILES string of the molecule is C[C@H](c1ccc(Br)cc1)[C@@]1(C)CC(=O)NC1=O. The summed E-state index contributed by atoms with van der Waals surface area (Å²) < 4.78 is 1.01. The maximum Gasteiger partial charge on any atom is 0.233 e. The first-order valence-electron chi connectivity index (χ1n) is 5.53. The fourth-order valence-corrected chi connectivity index (χ4v) is 2.46. The van der Waals surface area contributed by atoms with E-state index < -0.39 is 5.41 Å². The lowest BCUT2D eigenvalue weighted by molar-refractivity contribution is -0.128. The molecule has 0 saturated carbocycles. The standard InChI is InChI=1S/C13H14BrNO2/c1-8(9-3-5-10(14)6-4-9)13(2)7-11(16)15-12(13)17/h3-6,8H,7H2,1-2H3,(H,15,16,17)/t8-,13-/m1/s1. The van der Waals surface area contributed by atoms with Gasteiger partial charge in [-0.05, 0) is 30.5 Å². The van der Waals surface area contributed by atoms with E-state index in [9.17, 15) is 9.59 Å². The van der Waals surface area contributed by atoms with Crippen molar-refractivity contribution < 1.29 is 9.59 Å². The number of hydrogen-bond donors (Lipinski definition) is 1. The summed E-state index contributed by atoms with van der Waals surface area (Å²) in [5, 5.41) is 2.38. The van der Waals surface area contributed by atoms with Crippen LogP contribution in [0.4, 0.5) is 0 Å². The minimum Gasteiger partial charge on any atom is -0.296 e. The van der Waals surface area contributed by atoms with Crippen LogP contribution in [-0.4, -0.2) is 11.8 Å².